The maximum Gasteiger partial charge on any atom is 0.338 e. The van der Waals surface area contributed by atoms with Crippen molar-refractivity contribution in [2.45, 2.75) is 33.6 Å². The highest BCUT2D eigenvalue weighted by Crippen LogP contribution is 2.14. The molecule has 0 aliphatic heterocycles. The zero-order valence-electron chi connectivity index (χ0n) is 17.5. The van der Waals surface area contributed by atoms with E-state index in [1.165, 1.54) is 30.3 Å². The summed E-state index contributed by atoms with van der Waals surface area (Å²) in [4.78, 5) is 46.9. The first kappa shape index (κ1) is 23.5. The Hall–Kier alpha value is -3.82. The summed E-state index contributed by atoms with van der Waals surface area (Å²) in [6.45, 7) is 5.58. The molecule has 0 saturated carbocycles. The van der Waals surface area contributed by atoms with Crippen LogP contribution in [0.15, 0.2) is 30.3 Å². The minimum absolute atomic E-state index is 0.0469. The predicted molar refractivity (Wildman–Crippen MR) is 110 cm³/mol. The topological polar surface area (TPSA) is 131 Å². The van der Waals surface area contributed by atoms with E-state index in [0.717, 1.165) is 11.4 Å². The summed E-state index contributed by atoms with van der Waals surface area (Å²) in [6.07, 6.45) is 3.63. The Labute approximate surface area is 179 Å². The minimum Gasteiger partial charge on any atom is -0.462 e. The van der Waals surface area contributed by atoms with Gasteiger partial charge < -0.3 is 14.3 Å². The Bertz CT molecular complexity index is 972. The van der Waals surface area contributed by atoms with Crippen LogP contribution >= 0.6 is 0 Å². The number of carbonyl (C=O) groups excluding carboxylic acids is 2. The standard InChI is InChI=1S/C21H23N3O7/c1-14-15(2)23-19(16(3)22-14)10-11-20(25)31-18-8-6-17(7-9-18)21(26)29-12-4-5-13-30-24(27)28/h6-11H,4-5,12-13H2,1-3H3/b11-10+. The van der Waals surface area contributed by atoms with Gasteiger partial charge in [0.05, 0.1) is 41.6 Å². The highest BCUT2D eigenvalue weighted by molar-refractivity contribution is 5.90. The number of hydrogen-bond acceptors (Lipinski definition) is 9. The number of rotatable bonds is 10. The van der Waals surface area contributed by atoms with E-state index >= 15 is 0 Å². The largest absolute Gasteiger partial charge is 0.462 e. The maximum absolute atomic E-state index is 12.0. The number of esters is 2. The van der Waals surface area contributed by atoms with Gasteiger partial charge in [-0.2, -0.15) is 0 Å². The van der Waals surface area contributed by atoms with Crippen LogP contribution in [0.1, 0.15) is 46.0 Å². The molecule has 0 bridgehead atoms. The van der Waals surface area contributed by atoms with Crippen LogP contribution in [0.2, 0.25) is 0 Å². The number of hydrogen-bond donors (Lipinski definition) is 0. The predicted octanol–water partition coefficient (Wildman–Crippen LogP) is 3.17. The molecule has 164 valence electrons. The number of nitrogens with zero attached hydrogens (tertiary/aromatic N) is 3. The zero-order chi connectivity index (χ0) is 22.8. The Morgan fingerprint density at radius 1 is 1.00 bits per heavy atom. The Kier molecular flexibility index (Phi) is 8.62. The first-order valence-electron chi connectivity index (χ1n) is 9.52. The van der Waals surface area contributed by atoms with Gasteiger partial charge in [0.2, 0.25) is 0 Å². The molecule has 0 amide bonds. The number of unbranched alkanes of at least 4 members (excludes halogenated alkanes) is 1. The van der Waals surface area contributed by atoms with Crippen LogP contribution in [-0.2, 0) is 14.4 Å². The van der Waals surface area contributed by atoms with Crippen molar-refractivity contribution >= 4 is 18.0 Å². The van der Waals surface area contributed by atoms with Crippen LogP contribution in [0.3, 0.4) is 0 Å². The molecule has 0 aliphatic rings. The second kappa shape index (κ2) is 11.4. The van der Waals surface area contributed by atoms with Gasteiger partial charge in [-0.05, 0) is 64.0 Å². The van der Waals surface area contributed by atoms with Crippen molar-refractivity contribution in [1.29, 1.82) is 0 Å². The molecule has 1 heterocycles. The first-order valence-corrected chi connectivity index (χ1v) is 9.52. The van der Waals surface area contributed by atoms with Crippen LogP contribution < -0.4 is 4.74 Å². The first-order chi connectivity index (χ1) is 14.8. The van der Waals surface area contributed by atoms with Crippen molar-refractivity contribution in [2.75, 3.05) is 13.2 Å². The molecule has 0 spiro atoms. The number of aromatic nitrogens is 2. The summed E-state index contributed by atoms with van der Waals surface area (Å²) in [7, 11) is 0. The van der Waals surface area contributed by atoms with Gasteiger partial charge in [-0.15, -0.1) is 10.1 Å². The maximum atomic E-state index is 12.0. The average Bonchev–Trinajstić information content (AvgIpc) is 2.72. The highest BCUT2D eigenvalue weighted by atomic mass is 16.9. The van der Waals surface area contributed by atoms with E-state index < -0.39 is 17.0 Å². The molecular weight excluding hydrogens is 406 g/mol. The Morgan fingerprint density at radius 2 is 1.65 bits per heavy atom. The van der Waals surface area contributed by atoms with Crippen molar-refractivity contribution < 1.29 is 29.0 Å². The molecular formula is C21H23N3O7. The fourth-order valence-corrected chi connectivity index (χ4v) is 2.44. The van der Waals surface area contributed by atoms with Crippen molar-refractivity contribution in [3.8, 4) is 5.75 Å². The lowest BCUT2D eigenvalue weighted by Gasteiger charge is -2.06. The third kappa shape index (κ3) is 7.84. The van der Waals surface area contributed by atoms with Gasteiger partial charge >= 0.3 is 11.9 Å². The van der Waals surface area contributed by atoms with Crippen LogP contribution in [0.25, 0.3) is 6.08 Å². The van der Waals surface area contributed by atoms with E-state index in [-0.39, 0.29) is 24.5 Å². The van der Waals surface area contributed by atoms with E-state index in [1.54, 1.807) is 6.08 Å². The van der Waals surface area contributed by atoms with E-state index in [0.29, 0.717) is 24.2 Å². The molecule has 1 aromatic heterocycles. The SMILES string of the molecule is Cc1nc(C)c(/C=C/C(=O)Oc2ccc(C(=O)OCCCCO[N+](=O)[O-])cc2)nc1C. The van der Waals surface area contributed by atoms with Crippen molar-refractivity contribution in [2.24, 2.45) is 0 Å². The molecule has 0 aliphatic carbocycles. The van der Waals surface area contributed by atoms with Gasteiger partial charge in [0.15, 0.2) is 0 Å². The zero-order valence-corrected chi connectivity index (χ0v) is 17.5. The van der Waals surface area contributed by atoms with Crippen molar-refractivity contribution in [3.63, 3.8) is 0 Å². The molecule has 0 saturated heterocycles. The van der Waals surface area contributed by atoms with Gasteiger partial charge in [-0.1, -0.05) is 0 Å². The smallest absolute Gasteiger partial charge is 0.338 e. The summed E-state index contributed by atoms with van der Waals surface area (Å²) in [5.74, 6) is -0.866. The lowest BCUT2D eigenvalue weighted by atomic mass is 10.2. The monoisotopic (exact) mass is 429 g/mol. The number of carbonyl (C=O) groups is 2. The summed E-state index contributed by atoms with van der Waals surface area (Å²) in [5.41, 5.74) is 3.20. The molecule has 10 heteroatoms. The van der Waals surface area contributed by atoms with E-state index in [9.17, 15) is 19.7 Å². The molecule has 31 heavy (non-hydrogen) atoms. The van der Waals surface area contributed by atoms with Crippen molar-refractivity contribution in [3.05, 3.63) is 68.8 Å². The normalized spacial score (nSPS) is 10.7. The molecule has 0 unspecified atom stereocenters. The summed E-state index contributed by atoms with van der Waals surface area (Å²) in [6, 6.07) is 5.91. The van der Waals surface area contributed by atoms with Crippen LogP contribution in [0.4, 0.5) is 0 Å². The summed E-state index contributed by atoms with van der Waals surface area (Å²) >= 11 is 0. The molecule has 2 aromatic rings. The second-order valence-corrected chi connectivity index (χ2v) is 6.54. The highest BCUT2D eigenvalue weighted by Gasteiger charge is 2.09. The lowest BCUT2D eigenvalue weighted by Crippen LogP contribution is -2.08. The molecule has 0 fully saturated rings. The number of benzene rings is 1. The third-order valence-electron chi connectivity index (χ3n) is 4.17. The average molecular weight is 429 g/mol. The lowest BCUT2D eigenvalue weighted by molar-refractivity contribution is -0.757. The molecule has 1 aromatic carbocycles. The Morgan fingerprint density at radius 3 is 2.32 bits per heavy atom. The van der Waals surface area contributed by atoms with Gasteiger partial charge in [0.25, 0.3) is 5.09 Å². The van der Waals surface area contributed by atoms with Gasteiger partial charge in [0.1, 0.15) is 5.75 Å². The minimum atomic E-state index is -0.866. The number of ether oxygens (including phenoxy) is 2. The van der Waals surface area contributed by atoms with Crippen LogP contribution in [-0.4, -0.2) is 40.2 Å². The molecule has 0 radical (unpaired) electrons. The number of aryl methyl sites for hydroxylation is 3. The summed E-state index contributed by atoms with van der Waals surface area (Å²) in [5, 5.41) is 9.15. The third-order valence-corrected chi connectivity index (χ3v) is 4.17. The van der Waals surface area contributed by atoms with Crippen molar-refractivity contribution in [1.82, 2.24) is 9.97 Å². The van der Waals surface area contributed by atoms with Crippen LogP contribution in [0, 0.1) is 30.9 Å². The Balaban J connectivity index is 1.82. The fourth-order valence-electron chi connectivity index (χ4n) is 2.44. The second-order valence-electron chi connectivity index (χ2n) is 6.54. The van der Waals surface area contributed by atoms with E-state index in [1.807, 2.05) is 20.8 Å². The van der Waals surface area contributed by atoms with E-state index in [2.05, 4.69) is 14.8 Å². The van der Waals surface area contributed by atoms with Crippen LogP contribution in [0.5, 0.6) is 5.75 Å². The van der Waals surface area contributed by atoms with E-state index in [4.69, 9.17) is 9.47 Å². The quantitative estimate of drug-likeness (QED) is 0.139. The fraction of sp³-hybridized carbons (Fsp3) is 0.333. The van der Waals surface area contributed by atoms with Gasteiger partial charge in [0, 0.05) is 6.08 Å². The molecule has 2 rings (SSSR count). The molecule has 0 N–H and O–H groups in total. The summed E-state index contributed by atoms with van der Waals surface area (Å²) < 4.78 is 10.3. The molecule has 0 atom stereocenters. The molecule has 10 nitrogen and oxygen atoms in total. The van der Waals surface area contributed by atoms with Gasteiger partial charge in [-0.25, -0.2) is 14.6 Å². The van der Waals surface area contributed by atoms with Gasteiger partial charge in [-0.3, -0.25) is 4.98 Å².